The van der Waals surface area contributed by atoms with Crippen LogP contribution in [0.3, 0.4) is 0 Å². The molecule has 2 unspecified atom stereocenters. The average Bonchev–Trinajstić information content (AvgIpc) is 3.24. The van der Waals surface area contributed by atoms with Gasteiger partial charge in [-0.1, -0.05) is 30.3 Å². The summed E-state index contributed by atoms with van der Waals surface area (Å²) < 4.78 is 20.0. The van der Waals surface area contributed by atoms with Gasteiger partial charge in [0.25, 0.3) is 0 Å². The topological polar surface area (TPSA) is 109 Å². The molecule has 3 heterocycles. The van der Waals surface area contributed by atoms with Crippen molar-refractivity contribution in [2.75, 3.05) is 18.6 Å². The van der Waals surface area contributed by atoms with Gasteiger partial charge in [-0.05, 0) is 24.1 Å². The molecule has 0 aliphatic carbocycles. The van der Waals surface area contributed by atoms with Crippen molar-refractivity contribution in [1.29, 1.82) is 0 Å². The number of aliphatic imine (C=N–C) groups is 1. The van der Waals surface area contributed by atoms with Crippen LogP contribution >= 0.6 is 0 Å². The van der Waals surface area contributed by atoms with E-state index in [1.807, 2.05) is 17.0 Å². The van der Waals surface area contributed by atoms with Crippen LogP contribution in [0.5, 0.6) is 5.75 Å². The van der Waals surface area contributed by atoms with E-state index in [9.17, 15) is 4.39 Å². The number of nitrogens with one attached hydrogen (secondary N) is 1. The predicted octanol–water partition coefficient (Wildman–Crippen LogP) is 2.41. The van der Waals surface area contributed by atoms with Crippen LogP contribution in [0.1, 0.15) is 22.9 Å². The SMILES string of the molecule is COc1cccc(CN2CC(N3C(N)=Nc4[nH]ncc4C3N)Cc3ccccc32)c1F. The van der Waals surface area contributed by atoms with Crippen molar-refractivity contribution in [2.45, 2.75) is 25.2 Å². The van der Waals surface area contributed by atoms with Gasteiger partial charge in [-0.25, -0.2) is 4.39 Å². The van der Waals surface area contributed by atoms with E-state index in [0.717, 1.165) is 23.2 Å². The van der Waals surface area contributed by atoms with Crippen LogP contribution in [0, 0.1) is 5.82 Å². The van der Waals surface area contributed by atoms with Crippen molar-refractivity contribution in [3.05, 3.63) is 71.2 Å². The first-order chi connectivity index (χ1) is 15.1. The normalized spacial score (nSPS) is 20.2. The number of hydrogen-bond acceptors (Lipinski definition) is 7. The lowest BCUT2D eigenvalue weighted by Gasteiger charge is -2.44. The second kappa shape index (κ2) is 7.59. The molecule has 0 saturated carbocycles. The fraction of sp³-hybridized carbons (Fsp3) is 0.273. The summed E-state index contributed by atoms with van der Waals surface area (Å²) in [4.78, 5) is 8.53. The zero-order valence-corrected chi connectivity index (χ0v) is 17.1. The van der Waals surface area contributed by atoms with Crippen LogP contribution in [0.25, 0.3) is 0 Å². The fourth-order valence-corrected chi connectivity index (χ4v) is 4.51. The number of fused-ring (bicyclic) bond motifs is 2. The maximum Gasteiger partial charge on any atom is 0.199 e. The first-order valence-corrected chi connectivity index (χ1v) is 10.1. The molecule has 0 fully saturated rings. The summed E-state index contributed by atoms with van der Waals surface area (Å²) in [5, 5.41) is 6.87. The smallest absolute Gasteiger partial charge is 0.199 e. The maximum atomic E-state index is 14.9. The minimum atomic E-state index is -0.461. The summed E-state index contributed by atoms with van der Waals surface area (Å²) >= 11 is 0. The molecule has 2 atom stereocenters. The Hall–Kier alpha value is -3.59. The molecular weight excluding hydrogens is 397 g/mol. The highest BCUT2D eigenvalue weighted by Gasteiger charge is 2.36. The first kappa shape index (κ1) is 19.4. The van der Waals surface area contributed by atoms with Crippen molar-refractivity contribution >= 4 is 17.5 Å². The number of benzene rings is 2. The number of aromatic amines is 1. The minimum absolute atomic E-state index is 0.0367. The van der Waals surface area contributed by atoms with Gasteiger partial charge in [0.15, 0.2) is 23.3 Å². The predicted molar refractivity (Wildman–Crippen MR) is 117 cm³/mol. The van der Waals surface area contributed by atoms with Gasteiger partial charge >= 0.3 is 0 Å². The van der Waals surface area contributed by atoms with Crippen LogP contribution in [0.15, 0.2) is 53.7 Å². The fourth-order valence-electron chi connectivity index (χ4n) is 4.51. The molecule has 8 nitrogen and oxygen atoms in total. The summed E-state index contributed by atoms with van der Waals surface area (Å²) in [6, 6.07) is 13.3. The van der Waals surface area contributed by atoms with Gasteiger partial charge in [0.2, 0.25) is 0 Å². The highest BCUT2D eigenvalue weighted by atomic mass is 19.1. The highest BCUT2D eigenvalue weighted by molar-refractivity contribution is 5.84. The third-order valence-corrected chi connectivity index (χ3v) is 5.99. The Balaban J connectivity index is 1.49. The molecule has 0 bridgehead atoms. The molecule has 0 radical (unpaired) electrons. The molecule has 1 aromatic heterocycles. The molecule has 2 aliphatic rings. The number of halogens is 1. The monoisotopic (exact) mass is 421 g/mol. The molecule has 31 heavy (non-hydrogen) atoms. The number of aromatic nitrogens is 2. The number of nitrogens with two attached hydrogens (primary N) is 2. The van der Waals surface area contributed by atoms with Crippen LogP contribution in [-0.2, 0) is 13.0 Å². The van der Waals surface area contributed by atoms with Gasteiger partial charge in [0.05, 0.1) is 24.9 Å². The highest BCUT2D eigenvalue weighted by Crippen LogP contribution is 2.36. The van der Waals surface area contributed by atoms with E-state index in [4.69, 9.17) is 16.2 Å². The lowest BCUT2D eigenvalue weighted by atomic mass is 9.95. The van der Waals surface area contributed by atoms with E-state index in [0.29, 0.717) is 30.4 Å². The van der Waals surface area contributed by atoms with E-state index >= 15 is 0 Å². The average molecular weight is 421 g/mol. The largest absolute Gasteiger partial charge is 0.494 e. The molecule has 5 rings (SSSR count). The maximum absolute atomic E-state index is 14.9. The van der Waals surface area contributed by atoms with Crippen molar-refractivity contribution in [3.63, 3.8) is 0 Å². The lowest BCUT2D eigenvalue weighted by Crippen LogP contribution is -2.56. The quantitative estimate of drug-likeness (QED) is 0.597. The van der Waals surface area contributed by atoms with E-state index in [2.05, 4.69) is 32.2 Å². The Labute approximate surface area is 179 Å². The molecule has 3 aromatic rings. The zero-order valence-electron chi connectivity index (χ0n) is 17.1. The molecule has 9 heteroatoms. The number of hydrogen-bond donors (Lipinski definition) is 3. The summed E-state index contributed by atoms with van der Waals surface area (Å²) in [5.74, 6) is 0.832. The minimum Gasteiger partial charge on any atom is -0.494 e. The zero-order chi connectivity index (χ0) is 21.5. The molecule has 2 aliphatic heterocycles. The van der Waals surface area contributed by atoms with Gasteiger partial charge in [0.1, 0.15) is 6.17 Å². The molecule has 0 saturated heterocycles. The first-order valence-electron chi connectivity index (χ1n) is 10.1. The number of H-pyrrole nitrogens is 1. The summed E-state index contributed by atoms with van der Waals surface area (Å²) in [6.45, 7) is 1.01. The number of nitrogens with zero attached hydrogens (tertiary/aromatic N) is 4. The molecular formula is C22H24FN7O. The van der Waals surface area contributed by atoms with Gasteiger partial charge in [0, 0.05) is 24.3 Å². The van der Waals surface area contributed by atoms with Crippen molar-refractivity contribution in [3.8, 4) is 5.75 Å². The standard InChI is InChI=1S/C22H24FN7O/c1-31-18-8-4-6-14(19(18)23)11-29-12-15(9-13-5-2-3-7-17(13)29)30-20(24)16-10-26-28-21(16)27-22(30)25/h2-8,10,15,20H,9,11-12,24H2,1H3,(H3,25,26,27,28). The van der Waals surface area contributed by atoms with Crippen molar-refractivity contribution < 1.29 is 9.13 Å². The Kier molecular flexibility index (Phi) is 4.74. The number of rotatable bonds is 4. The Morgan fingerprint density at radius 1 is 1.23 bits per heavy atom. The summed E-state index contributed by atoms with van der Waals surface area (Å²) in [6.07, 6.45) is 1.98. The third kappa shape index (κ3) is 3.27. The van der Waals surface area contributed by atoms with Gasteiger partial charge in [-0.15, -0.1) is 0 Å². The Morgan fingerprint density at radius 2 is 2.06 bits per heavy atom. The van der Waals surface area contributed by atoms with Crippen LogP contribution in [0.2, 0.25) is 0 Å². The summed E-state index contributed by atoms with van der Waals surface area (Å²) in [5.41, 5.74) is 16.5. The van der Waals surface area contributed by atoms with E-state index in [1.165, 1.54) is 7.11 Å². The summed E-state index contributed by atoms with van der Waals surface area (Å²) in [7, 11) is 1.47. The van der Waals surface area contributed by atoms with E-state index < -0.39 is 6.17 Å². The third-order valence-electron chi connectivity index (χ3n) is 5.99. The molecule has 0 spiro atoms. The van der Waals surface area contributed by atoms with E-state index in [1.54, 1.807) is 24.4 Å². The molecule has 160 valence electrons. The van der Waals surface area contributed by atoms with Crippen LogP contribution in [-0.4, -0.2) is 40.8 Å². The molecule has 5 N–H and O–H groups in total. The number of methoxy groups -OCH3 is 1. The number of guanidine groups is 1. The Bertz CT molecular complexity index is 1140. The molecule has 0 amide bonds. The van der Waals surface area contributed by atoms with Crippen LogP contribution < -0.4 is 21.1 Å². The Morgan fingerprint density at radius 3 is 2.90 bits per heavy atom. The lowest BCUT2D eigenvalue weighted by molar-refractivity contribution is 0.228. The number of ether oxygens (including phenoxy) is 1. The number of anilines is 1. The van der Waals surface area contributed by atoms with Crippen molar-refractivity contribution in [1.82, 2.24) is 15.1 Å². The van der Waals surface area contributed by atoms with Crippen LogP contribution in [0.4, 0.5) is 15.9 Å². The van der Waals surface area contributed by atoms with E-state index in [-0.39, 0.29) is 17.6 Å². The number of para-hydroxylation sites is 1. The molecule has 2 aromatic carbocycles. The second-order valence-corrected chi connectivity index (χ2v) is 7.80. The van der Waals surface area contributed by atoms with Gasteiger partial charge in [-0.2, -0.15) is 10.1 Å². The van der Waals surface area contributed by atoms with Gasteiger partial charge < -0.3 is 26.0 Å². The van der Waals surface area contributed by atoms with Crippen molar-refractivity contribution in [2.24, 2.45) is 16.5 Å². The van der Waals surface area contributed by atoms with Gasteiger partial charge in [-0.3, -0.25) is 5.10 Å². The second-order valence-electron chi connectivity index (χ2n) is 7.80.